The third kappa shape index (κ3) is 4.76. The van der Waals surface area contributed by atoms with Gasteiger partial charge in [-0.05, 0) is 30.6 Å². The molecular weight excluding hydrogens is 216 g/mol. The summed E-state index contributed by atoms with van der Waals surface area (Å²) in [5.74, 6) is 0.245. The molecular formula is C14H28O3. The molecule has 0 heterocycles. The predicted molar refractivity (Wildman–Crippen MR) is 69.8 cm³/mol. The monoisotopic (exact) mass is 244 g/mol. The summed E-state index contributed by atoms with van der Waals surface area (Å²) in [6, 6.07) is 0. The number of carbonyl (C=O) groups is 1. The zero-order valence-electron chi connectivity index (χ0n) is 12.4. The fourth-order valence-corrected chi connectivity index (χ4v) is 2.48. The SMILES string of the molecule is CC1(C)CCC(C)(C)C1C=O.COC(C)OC. The van der Waals surface area contributed by atoms with Gasteiger partial charge >= 0.3 is 0 Å². The van der Waals surface area contributed by atoms with Crippen molar-refractivity contribution in [1.29, 1.82) is 0 Å². The normalized spacial score (nSPS) is 22.1. The van der Waals surface area contributed by atoms with Crippen molar-refractivity contribution in [3.05, 3.63) is 0 Å². The molecule has 0 aromatic carbocycles. The molecule has 102 valence electrons. The maximum atomic E-state index is 10.8. The number of rotatable bonds is 3. The van der Waals surface area contributed by atoms with E-state index >= 15 is 0 Å². The molecule has 0 N–H and O–H groups in total. The Morgan fingerprint density at radius 2 is 1.41 bits per heavy atom. The van der Waals surface area contributed by atoms with Crippen molar-refractivity contribution < 1.29 is 14.3 Å². The minimum atomic E-state index is -0.0648. The zero-order valence-corrected chi connectivity index (χ0v) is 12.4. The number of hydrogen-bond donors (Lipinski definition) is 0. The molecule has 0 aromatic rings. The lowest BCUT2D eigenvalue weighted by Crippen LogP contribution is -2.28. The molecule has 0 spiro atoms. The van der Waals surface area contributed by atoms with Crippen molar-refractivity contribution in [3.8, 4) is 0 Å². The average Bonchev–Trinajstić information content (AvgIpc) is 2.47. The molecule has 0 atom stereocenters. The highest BCUT2D eigenvalue weighted by molar-refractivity contribution is 5.57. The first-order chi connectivity index (χ1) is 7.71. The number of ether oxygens (including phenoxy) is 2. The molecule has 0 saturated heterocycles. The van der Waals surface area contributed by atoms with Crippen molar-refractivity contribution in [1.82, 2.24) is 0 Å². The van der Waals surface area contributed by atoms with E-state index in [9.17, 15) is 4.79 Å². The van der Waals surface area contributed by atoms with Gasteiger partial charge in [0.25, 0.3) is 0 Å². The Balaban J connectivity index is 0.000000366. The van der Waals surface area contributed by atoms with E-state index in [2.05, 4.69) is 37.2 Å². The van der Waals surface area contributed by atoms with Crippen LogP contribution in [-0.4, -0.2) is 26.8 Å². The van der Waals surface area contributed by atoms with E-state index in [1.165, 1.54) is 12.8 Å². The molecule has 17 heavy (non-hydrogen) atoms. The Kier molecular flexibility index (Phi) is 6.35. The van der Waals surface area contributed by atoms with E-state index in [0.29, 0.717) is 0 Å². The maximum Gasteiger partial charge on any atom is 0.154 e. The van der Waals surface area contributed by atoms with Gasteiger partial charge in [0.2, 0.25) is 0 Å². The first-order valence-corrected chi connectivity index (χ1v) is 6.22. The predicted octanol–water partition coefficient (Wildman–Crippen LogP) is 3.27. The summed E-state index contributed by atoms with van der Waals surface area (Å²) in [6.45, 7) is 10.6. The van der Waals surface area contributed by atoms with Crippen LogP contribution >= 0.6 is 0 Å². The lowest BCUT2D eigenvalue weighted by molar-refractivity contribution is -0.116. The second-order valence-electron chi connectivity index (χ2n) is 6.13. The van der Waals surface area contributed by atoms with Gasteiger partial charge in [0.05, 0.1) is 0 Å². The van der Waals surface area contributed by atoms with Crippen molar-refractivity contribution >= 4 is 6.29 Å². The standard InChI is InChI=1S/C10H18O.C4H10O2/c1-9(2)5-6-10(3,4)8(9)7-11;1-4(5-2)6-3/h7-8H,5-6H2,1-4H3;4H,1-3H3. The van der Waals surface area contributed by atoms with E-state index in [1.807, 2.05) is 6.92 Å². The van der Waals surface area contributed by atoms with E-state index < -0.39 is 0 Å². The van der Waals surface area contributed by atoms with Crippen LogP contribution in [0.2, 0.25) is 0 Å². The molecule has 1 rings (SSSR count). The first-order valence-electron chi connectivity index (χ1n) is 6.22. The lowest BCUT2D eigenvalue weighted by atomic mass is 9.73. The summed E-state index contributed by atoms with van der Waals surface area (Å²) < 4.78 is 9.35. The van der Waals surface area contributed by atoms with Gasteiger partial charge in [0.1, 0.15) is 6.29 Å². The summed E-state index contributed by atoms with van der Waals surface area (Å²) in [5, 5.41) is 0. The summed E-state index contributed by atoms with van der Waals surface area (Å²) in [6.07, 6.45) is 3.45. The molecule has 1 fully saturated rings. The van der Waals surface area contributed by atoms with Gasteiger partial charge in [0.15, 0.2) is 6.29 Å². The molecule has 1 saturated carbocycles. The fraction of sp³-hybridized carbons (Fsp3) is 0.929. The van der Waals surface area contributed by atoms with E-state index in [4.69, 9.17) is 0 Å². The third-order valence-corrected chi connectivity index (χ3v) is 3.90. The van der Waals surface area contributed by atoms with Gasteiger partial charge in [0, 0.05) is 20.1 Å². The molecule has 0 unspecified atom stereocenters. The maximum absolute atomic E-state index is 10.8. The Hall–Kier alpha value is -0.410. The number of methoxy groups -OCH3 is 2. The highest BCUT2D eigenvalue weighted by atomic mass is 16.7. The van der Waals surface area contributed by atoms with Gasteiger partial charge < -0.3 is 14.3 Å². The number of hydrogen-bond acceptors (Lipinski definition) is 3. The molecule has 0 amide bonds. The van der Waals surface area contributed by atoms with E-state index in [-0.39, 0.29) is 23.0 Å². The smallest absolute Gasteiger partial charge is 0.154 e. The van der Waals surface area contributed by atoms with Crippen LogP contribution in [-0.2, 0) is 14.3 Å². The van der Waals surface area contributed by atoms with Crippen LogP contribution in [0.4, 0.5) is 0 Å². The van der Waals surface area contributed by atoms with Gasteiger partial charge in [-0.15, -0.1) is 0 Å². The Morgan fingerprint density at radius 3 is 1.53 bits per heavy atom. The van der Waals surface area contributed by atoms with Gasteiger partial charge in [-0.3, -0.25) is 0 Å². The quantitative estimate of drug-likeness (QED) is 0.564. The van der Waals surface area contributed by atoms with Crippen LogP contribution in [0.5, 0.6) is 0 Å². The molecule has 0 radical (unpaired) electrons. The second-order valence-corrected chi connectivity index (χ2v) is 6.13. The molecule has 0 bridgehead atoms. The Bertz CT molecular complexity index is 214. The van der Waals surface area contributed by atoms with Crippen molar-refractivity contribution in [2.75, 3.05) is 14.2 Å². The summed E-state index contributed by atoms with van der Waals surface area (Å²) in [5.41, 5.74) is 0.455. The second kappa shape index (κ2) is 6.50. The molecule has 1 aliphatic rings. The summed E-state index contributed by atoms with van der Waals surface area (Å²) in [7, 11) is 3.21. The van der Waals surface area contributed by atoms with E-state index in [1.54, 1.807) is 14.2 Å². The topological polar surface area (TPSA) is 35.5 Å². The number of carbonyl (C=O) groups excluding carboxylic acids is 1. The largest absolute Gasteiger partial charge is 0.356 e. The average molecular weight is 244 g/mol. The molecule has 0 aliphatic heterocycles. The highest BCUT2D eigenvalue weighted by Gasteiger charge is 2.46. The summed E-state index contributed by atoms with van der Waals surface area (Å²) in [4.78, 5) is 10.8. The highest BCUT2D eigenvalue weighted by Crippen LogP contribution is 2.52. The van der Waals surface area contributed by atoms with Crippen molar-refractivity contribution in [3.63, 3.8) is 0 Å². The van der Waals surface area contributed by atoms with Gasteiger partial charge in [-0.25, -0.2) is 0 Å². The fourth-order valence-electron chi connectivity index (χ4n) is 2.48. The minimum Gasteiger partial charge on any atom is -0.356 e. The molecule has 3 heteroatoms. The van der Waals surface area contributed by atoms with Gasteiger partial charge in [-0.2, -0.15) is 0 Å². The lowest BCUT2D eigenvalue weighted by Gasteiger charge is -2.30. The van der Waals surface area contributed by atoms with Gasteiger partial charge in [-0.1, -0.05) is 27.7 Å². The van der Waals surface area contributed by atoms with Crippen LogP contribution in [0.3, 0.4) is 0 Å². The molecule has 1 aliphatic carbocycles. The van der Waals surface area contributed by atoms with E-state index in [0.717, 1.165) is 6.29 Å². The van der Waals surface area contributed by atoms with Crippen LogP contribution in [0.25, 0.3) is 0 Å². The first kappa shape index (κ1) is 16.6. The van der Waals surface area contributed by atoms with Crippen molar-refractivity contribution in [2.24, 2.45) is 16.7 Å². The van der Waals surface area contributed by atoms with Crippen LogP contribution < -0.4 is 0 Å². The minimum absolute atomic E-state index is 0.0648. The Morgan fingerprint density at radius 1 is 1.06 bits per heavy atom. The third-order valence-electron chi connectivity index (χ3n) is 3.90. The molecule has 3 nitrogen and oxygen atoms in total. The summed E-state index contributed by atoms with van der Waals surface area (Å²) >= 11 is 0. The van der Waals surface area contributed by atoms with Crippen LogP contribution in [0.15, 0.2) is 0 Å². The molecule has 0 aromatic heterocycles. The van der Waals surface area contributed by atoms with Crippen molar-refractivity contribution in [2.45, 2.75) is 53.8 Å². The Labute approximate surface area is 106 Å². The van der Waals surface area contributed by atoms with Crippen LogP contribution in [0.1, 0.15) is 47.5 Å². The zero-order chi connectivity index (χ0) is 13.7. The number of aldehydes is 1. The van der Waals surface area contributed by atoms with Crippen LogP contribution in [0, 0.1) is 16.7 Å².